The Morgan fingerprint density at radius 2 is 2.14 bits per heavy atom. The smallest absolute Gasteiger partial charge is 0.303 e. The van der Waals surface area contributed by atoms with Crippen LogP contribution < -0.4 is 0 Å². The van der Waals surface area contributed by atoms with E-state index in [9.17, 15) is 9.90 Å². The van der Waals surface area contributed by atoms with Gasteiger partial charge in [0.15, 0.2) is 6.10 Å². The van der Waals surface area contributed by atoms with E-state index in [2.05, 4.69) is 0 Å². The largest absolute Gasteiger partial charge is 0.457 e. The van der Waals surface area contributed by atoms with Crippen LogP contribution in [0.2, 0.25) is 0 Å². The molecular formula is C10H18O4. The second-order valence-corrected chi connectivity index (χ2v) is 4.24. The summed E-state index contributed by atoms with van der Waals surface area (Å²) in [7, 11) is 0. The zero-order valence-electron chi connectivity index (χ0n) is 9.11. The van der Waals surface area contributed by atoms with Gasteiger partial charge in [-0.3, -0.25) is 4.79 Å². The molecule has 1 rings (SSSR count). The van der Waals surface area contributed by atoms with Gasteiger partial charge in [0, 0.05) is 13.3 Å². The van der Waals surface area contributed by atoms with E-state index in [1.165, 1.54) is 6.92 Å². The van der Waals surface area contributed by atoms with Crippen LogP contribution in [0.3, 0.4) is 0 Å². The topological polar surface area (TPSA) is 55.8 Å². The molecule has 82 valence electrons. The zero-order valence-corrected chi connectivity index (χ0v) is 9.11. The highest BCUT2D eigenvalue weighted by molar-refractivity contribution is 5.66. The summed E-state index contributed by atoms with van der Waals surface area (Å²) < 4.78 is 10.6. The maximum Gasteiger partial charge on any atom is 0.303 e. The Kier molecular flexibility index (Phi) is 3.17. The third-order valence-electron chi connectivity index (χ3n) is 2.48. The van der Waals surface area contributed by atoms with Gasteiger partial charge in [-0.25, -0.2) is 0 Å². The standard InChI is InChI=1S/C10H18O4/c1-6-5-10(4,12)9(7(2)13-6)14-8(3)11/h6-7,9,12H,5H2,1-4H3/t6-,7?,9-,10?/m0/s1. The van der Waals surface area contributed by atoms with Gasteiger partial charge in [-0.05, 0) is 20.8 Å². The molecule has 4 heteroatoms. The second kappa shape index (κ2) is 3.87. The highest BCUT2D eigenvalue weighted by Gasteiger charge is 2.44. The Morgan fingerprint density at radius 1 is 1.57 bits per heavy atom. The minimum atomic E-state index is -0.997. The molecule has 0 aromatic heterocycles. The molecule has 0 amide bonds. The number of carbonyl (C=O) groups is 1. The van der Waals surface area contributed by atoms with Crippen molar-refractivity contribution in [1.82, 2.24) is 0 Å². The van der Waals surface area contributed by atoms with E-state index in [0.29, 0.717) is 6.42 Å². The maximum atomic E-state index is 10.8. The first-order valence-electron chi connectivity index (χ1n) is 4.88. The molecular weight excluding hydrogens is 184 g/mol. The van der Waals surface area contributed by atoms with Crippen LogP contribution in [-0.2, 0) is 14.3 Å². The zero-order chi connectivity index (χ0) is 10.9. The Morgan fingerprint density at radius 3 is 2.57 bits per heavy atom. The Bertz CT molecular complexity index is 224. The van der Waals surface area contributed by atoms with Gasteiger partial charge in [0.1, 0.15) is 5.60 Å². The molecule has 0 bridgehead atoms. The summed E-state index contributed by atoms with van der Waals surface area (Å²) in [5, 5.41) is 10.1. The van der Waals surface area contributed by atoms with E-state index in [1.807, 2.05) is 6.92 Å². The van der Waals surface area contributed by atoms with Crippen LogP contribution in [0, 0.1) is 0 Å². The van der Waals surface area contributed by atoms with Crippen molar-refractivity contribution in [3.63, 3.8) is 0 Å². The summed E-state index contributed by atoms with van der Waals surface area (Å²) in [6.07, 6.45) is -0.365. The Labute approximate surface area is 84.2 Å². The fraction of sp³-hybridized carbons (Fsp3) is 0.900. The van der Waals surface area contributed by atoms with Crippen LogP contribution in [-0.4, -0.2) is 35.0 Å². The van der Waals surface area contributed by atoms with E-state index in [0.717, 1.165) is 0 Å². The van der Waals surface area contributed by atoms with Crippen molar-refractivity contribution < 1.29 is 19.4 Å². The molecule has 0 spiro atoms. The van der Waals surface area contributed by atoms with Crippen molar-refractivity contribution in [2.75, 3.05) is 0 Å². The molecule has 1 N–H and O–H groups in total. The number of hydrogen-bond donors (Lipinski definition) is 1. The number of carbonyl (C=O) groups excluding carboxylic acids is 1. The molecule has 1 fully saturated rings. The molecule has 1 aliphatic heterocycles. The van der Waals surface area contributed by atoms with Crippen LogP contribution in [0.4, 0.5) is 0 Å². The molecule has 0 aromatic rings. The predicted octanol–water partition coefficient (Wildman–Crippen LogP) is 0.866. The molecule has 0 aliphatic carbocycles. The quantitative estimate of drug-likeness (QED) is 0.641. The van der Waals surface area contributed by atoms with Crippen LogP contribution in [0.15, 0.2) is 0 Å². The molecule has 0 saturated carbocycles. The molecule has 1 aliphatic rings. The van der Waals surface area contributed by atoms with E-state index in [1.54, 1.807) is 13.8 Å². The first kappa shape index (κ1) is 11.5. The van der Waals surface area contributed by atoms with Gasteiger partial charge >= 0.3 is 5.97 Å². The third kappa shape index (κ3) is 2.45. The lowest BCUT2D eigenvalue weighted by Gasteiger charge is -2.42. The molecule has 4 nitrogen and oxygen atoms in total. The summed E-state index contributed by atoms with van der Waals surface area (Å²) >= 11 is 0. The minimum absolute atomic E-state index is 0.00759. The number of esters is 1. The predicted molar refractivity (Wildman–Crippen MR) is 50.8 cm³/mol. The van der Waals surface area contributed by atoms with Gasteiger partial charge < -0.3 is 14.6 Å². The van der Waals surface area contributed by atoms with Gasteiger partial charge in [-0.2, -0.15) is 0 Å². The van der Waals surface area contributed by atoms with Crippen LogP contribution in [0.5, 0.6) is 0 Å². The van der Waals surface area contributed by atoms with Crippen LogP contribution in [0.25, 0.3) is 0 Å². The lowest BCUT2D eigenvalue weighted by atomic mass is 9.86. The summed E-state index contributed by atoms with van der Waals surface area (Å²) in [6, 6.07) is 0. The Balaban J connectivity index is 2.74. The lowest BCUT2D eigenvalue weighted by Crippen LogP contribution is -2.55. The molecule has 1 heterocycles. The van der Waals surface area contributed by atoms with Crippen molar-refractivity contribution in [2.24, 2.45) is 0 Å². The average Bonchev–Trinajstić information content (AvgIpc) is 1.95. The Hall–Kier alpha value is -0.610. The number of ether oxygens (including phenoxy) is 2. The van der Waals surface area contributed by atoms with E-state index < -0.39 is 11.7 Å². The minimum Gasteiger partial charge on any atom is -0.457 e. The highest BCUT2D eigenvalue weighted by atomic mass is 16.6. The number of hydrogen-bond acceptors (Lipinski definition) is 4. The summed E-state index contributed by atoms with van der Waals surface area (Å²) in [6.45, 7) is 6.71. The van der Waals surface area contributed by atoms with Crippen LogP contribution in [0.1, 0.15) is 34.1 Å². The molecule has 2 unspecified atom stereocenters. The van der Waals surface area contributed by atoms with Crippen molar-refractivity contribution >= 4 is 5.97 Å². The van der Waals surface area contributed by atoms with Gasteiger partial charge in [0.05, 0.1) is 12.2 Å². The number of rotatable bonds is 1. The van der Waals surface area contributed by atoms with Gasteiger partial charge in [0.2, 0.25) is 0 Å². The van der Waals surface area contributed by atoms with E-state index in [4.69, 9.17) is 9.47 Å². The van der Waals surface area contributed by atoms with Gasteiger partial charge in [-0.1, -0.05) is 0 Å². The maximum absolute atomic E-state index is 10.8. The summed E-state index contributed by atoms with van der Waals surface area (Å²) in [4.78, 5) is 10.8. The number of aliphatic hydroxyl groups is 1. The van der Waals surface area contributed by atoms with Crippen molar-refractivity contribution in [2.45, 2.75) is 58.0 Å². The monoisotopic (exact) mass is 202 g/mol. The lowest BCUT2D eigenvalue weighted by molar-refractivity contribution is -0.217. The van der Waals surface area contributed by atoms with Crippen LogP contribution >= 0.6 is 0 Å². The van der Waals surface area contributed by atoms with Gasteiger partial charge in [-0.15, -0.1) is 0 Å². The molecule has 4 atom stereocenters. The van der Waals surface area contributed by atoms with Gasteiger partial charge in [0.25, 0.3) is 0 Å². The van der Waals surface area contributed by atoms with Crippen molar-refractivity contribution in [3.05, 3.63) is 0 Å². The average molecular weight is 202 g/mol. The fourth-order valence-electron chi connectivity index (χ4n) is 2.09. The normalized spacial score (nSPS) is 43.4. The summed E-state index contributed by atoms with van der Waals surface area (Å²) in [5.74, 6) is -0.389. The highest BCUT2D eigenvalue weighted by Crippen LogP contribution is 2.30. The molecule has 0 radical (unpaired) electrons. The van der Waals surface area contributed by atoms with E-state index in [-0.39, 0.29) is 18.2 Å². The second-order valence-electron chi connectivity index (χ2n) is 4.24. The molecule has 14 heavy (non-hydrogen) atoms. The first-order chi connectivity index (χ1) is 6.33. The molecule has 1 saturated heterocycles. The third-order valence-corrected chi connectivity index (χ3v) is 2.48. The molecule has 0 aromatic carbocycles. The fourth-order valence-corrected chi connectivity index (χ4v) is 2.09. The summed E-state index contributed by atoms with van der Waals surface area (Å²) in [5.41, 5.74) is -0.997. The van der Waals surface area contributed by atoms with Crippen molar-refractivity contribution in [3.8, 4) is 0 Å². The van der Waals surface area contributed by atoms with Crippen molar-refractivity contribution in [1.29, 1.82) is 0 Å². The SMILES string of the molecule is CC(=O)O[C@H]1C(C)O[C@@H](C)CC1(C)O. The van der Waals surface area contributed by atoms with E-state index >= 15 is 0 Å². The first-order valence-corrected chi connectivity index (χ1v) is 4.88.